The van der Waals surface area contributed by atoms with Crippen molar-refractivity contribution in [2.24, 2.45) is 11.3 Å². The number of fused-ring (bicyclic) bond motifs is 6. The Morgan fingerprint density at radius 3 is 1.44 bits per heavy atom. The summed E-state index contributed by atoms with van der Waals surface area (Å²) in [7, 11) is 0. The zero-order valence-electron chi connectivity index (χ0n) is 22.8. The fraction of sp³-hybridized carbons (Fsp3) is 0.167. The van der Waals surface area contributed by atoms with E-state index in [0.717, 1.165) is 0 Å². The molecule has 0 N–H and O–H groups in total. The first-order valence-corrected chi connectivity index (χ1v) is 14.2. The molecule has 5 aromatic carbocycles. The van der Waals surface area contributed by atoms with E-state index < -0.39 is 0 Å². The molecule has 0 aromatic heterocycles. The standard InChI is InChI=1S/C13H9.C13H8.C10H15.2ClH.Zr/c2*1-3-7-12-10(5-1)9-11-6-2-4-8-13(11)12;1-8-5-6-9(7-8)10(2,3)4;;;/h1-9H;1-8H;6-8H,1-4H3;2*1H;/q-1;;-1;;;+2/p-2. The zero-order valence-corrected chi connectivity index (χ0v) is 26.8. The number of hydrogen-bond acceptors (Lipinski definition) is 0. The number of benzene rings is 4. The molecule has 5 aromatic rings. The van der Waals surface area contributed by atoms with Gasteiger partial charge in [0, 0.05) is 0 Å². The molecule has 0 heterocycles. The first-order chi connectivity index (χ1) is 17.8. The van der Waals surface area contributed by atoms with E-state index >= 15 is 0 Å². The van der Waals surface area contributed by atoms with Crippen LogP contribution >= 0.6 is 0 Å². The topological polar surface area (TPSA) is 0 Å². The van der Waals surface area contributed by atoms with Crippen LogP contribution in [0, 0.1) is 17.4 Å². The van der Waals surface area contributed by atoms with Crippen LogP contribution in [0.1, 0.15) is 38.8 Å². The van der Waals surface area contributed by atoms with E-state index in [1.807, 2.05) is 0 Å². The molecular weight excluding hydrogens is 595 g/mol. The van der Waals surface area contributed by atoms with E-state index in [2.05, 4.69) is 149 Å². The summed E-state index contributed by atoms with van der Waals surface area (Å²) >= 11 is 1.50. The summed E-state index contributed by atoms with van der Waals surface area (Å²) in [5, 5.41) is 5.39. The number of hydrogen-bond donors (Lipinski definition) is 0. The van der Waals surface area contributed by atoms with Gasteiger partial charge in [-0.1, -0.05) is 75.4 Å². The van der Waals surface area contributed by atoms with Crippen LogP contribution < -0.4 is 24.8 Å². The molecule has 1 atom stereocenters. The first-order valence-electron chi connectivity index (χ1n) is 13.0. The summed E-state index contributed by atoms with van der Waals surface area (Å²) in [6.45, 7) is 8.86. The van der Waals surface area contributed by atoms with E-state index in [1.165, 1.54) is 76.8 Å². The molecule has 0 saturated carbocycles. The monoisotopic (exact) mass is 624 g/mol. The van der Waals surface area contributed by atoms with Gasteiger partial charge in [0.05, 0.1) is 0 Å². The van der Waals surface area contributed by atoms with E-state index in [1.54, 1.807) is 0 Å². The van der Waals surface area contributed by atoms with Crippen molar-refractivity contribution in [2.45, 2.75) is 27.7 Å². The van der Waals surface area contributed by atoms with Crippen molar-refractivity contribution in [2.75, 3.05) is 0 Å². The van der Waals surface area contributed by atoms with Crippen LogP contribution in [-0.4, -0.2) is 3.21 Å². The Hall–Kier alpha value is -2.44. The van der Waals surface area contributed by atoms with Crippen LogP contribution in [0.5, 0.6) is 0 Å². The van der Waals surface area contributed by atoms with E-state index in [-0.39, 0.29) is 24.8 Å². The minimum atomic E-state index is 0. The molecule has 196 valence electrons. The van der Waals surface area contributed by atoms with Gasteiger partial charge < -0.3 is 24.8 Å². The number of rotatable bonds is 0. The number of allylic oxidation sites excluding steroid dienone is 4. The second-order valence-electron chi connectivity index (χ2n) is 10.8. The summed E-state index contributed by atoms with van der Waals surface area (Å²) in [6.07, 6.45) is 7.65. The van der Waals surface area contributed by atoms with Crippen molar-refractivity contribution in [3.05, 3.63) is 138 Å². The van der Waals surface area contributed by atoms with Gasteiger partial charge in [0.2, 0.25) is 0 Å². The third kappa shape index (κ3) is 6.83. The fourth-order valence-corrected chi connectivity index (χ4v) is 6.05. The van der Waals surface area contributed by atoms with Gasteiger partial charge in [0.1, 0.15) is 0 Å². The van der Waals surface area contributed by atoms with Gasteiger partial charge in [-0.25, -0.2) is 6.08 Å². The Morgan fingerprint density at radius 1 is 0.641 bits per heavy atom. The van der Waals surface area contributed by atoms with Gasteiger partial charge >= 0.3 is 98.2 Å². The molecule has 39 heavy (non-hydrogen) atoms. The first kappa shape index (κ1) is 31.1. The van der Waals surface area contributed by atoms with Crippen molar-refractivity contribution in [1.82, 2.24) is 0 Å². The zero-order chi connectivity index (χ0) is 26.0. The van der Waals surface area contributed by atoms with Gasteiger partial charge in [0.25, 0.3) is 0 Å². The Bertz CT molecular complexity index is 1550. The smallest absolute Gasteiger partial charge is 0.0771 e. The predicted molar refractivity (Wildman–Crippen MR) is 157 cm³/mol. The molecule has 0 bridgehead atoms. The average Bonchev–Trinajstić information content (AvgIpc) is 3.60. The molecule has 7 rings (SSSR count). The molecule has 2 aliphatic rings. The molecule has 0 fully saturated rings. The van der Waals surface area contributed by atoms with Crippen LogP contribution in [0.2, 0.25) is 0 Å². The van der Waals surface area contributed by atoms with E-state index in [4.69, 9.17) is 0 Å². The van der Waals surface area contributed by atoms with Crippen LogP contribution in [0.3, 0.4) is 0 Å². The normalized spacial score (nSPS) is 14.7. The second kappa shape index (κ2) is 13.3. The van der Waals surface area contributed by atoms with Gasteiger partial charge in [-0.15, -0.1) is 39.7 Å². The summed E-state index contributed by atoms with van der Waals surface area (Å²) in [5.74, 6) is 0.522. The maximum atomic E-state index is 3.26. The fourth-order valence-electron chi connectivity index (χ4n) is 4.97. The Kier molecular flexibility index (Phi) is 10.6. The molecule has 0 nitrogen and oxygen atoms in total. The van der Waals surface area contributed by atoms with Gasteiger partial charge in [-0.3, -0.25) is 6.08 Å². The quantitative estimate of drug-likeness (QED) is 0.227. The minimum Gasteiger partial charge on any atom is -0.126 e. The molecular formula is C36H32Cl2Zr-2. The van der Waals surface area contributed by atoms with Crippen molar-refractivity contribution in [3.63, 3.8) is 0 Å². The molecule has 0 saturated heterocycles. The van der Waals surface area contributed by atoms with Crippen molar-refractivity contribution < 1.29 is 49.0 Å². The van der Waals surface area contributed by atoms with E-state index in [0.29, 0.717) is 11.3 Å². The Balaban J connectivity index is 0.000000160. The molecule has 1 unspecified atom stereocenters. The SMILES string of the molecule is CC1[C-]=CC(C(C)(C)C)=C1.[Cl-].[Cl-].[Zr+2]=[C]1c2ccccc2-c2ccccc21.c1ccc2c(c1)[cH-]c1ccccc12. The maximum absolute atomic E-state index is 3.26. The number of halogens is 2. The molecule has 0 aliphatic heterocycles. The van der Waals surface area contributed by atoms with Gasteiger partial charge in [-0.05, 0) is 0 Å². The second-order valence-corrected chi connectivity index (χ2v) is 12.0. The Morgan fingerprint density at radius 2 is 1.05 bits per heavy atom. The van der Waals surface area contributed by atoms with E-state index in [9.17, 15) is 0 Å². The summed E-state index contributed by atoms with van der Waals surface area (Å²) in [6, 6.07) is 36.6. The van der Waals surface area contributed by atoms with Crippen LogP contribution in [0.15, 0.2) is 121 Å². The third-order valence-corrected chi connectivity index (χ3v) is 8.33. The summed E-state index contributed by atoms with van der Waals surface area (Å²) in [4.78, 5) is 0. The van der Waals surface area contributed by atoms with Crippen LogP contribution in [0.4, 0.5) is 0 Å². The largest absolute Gasteiger partial charge is 0.126 e. The average molecular weight is 627 g/mol. The molecule has 0 radical (unpaired) electrons. The van der Waals surface area contributed by atoms with Crippen LogP contribution in [0.25, 0.3) is 32.7 Å². The van der Waals surface area contributed by atoms with Crippen LogP contribution in [-0.2, 0) is 24.2 Å². The maximum Gasteiger partial charge on any atom is -0.0771 e. The van der Waals surface area contributed by atoms with Gasteiger partial charge in [-0.2, -0.15) is 11.6 Å². The Labute approximate surface area is 260 Å². The van der Waals surface area contributed by atoms with Crippen molar-refractivity contribution in [1.29, 1.82) is 0 Å². The van der Waals surface area contributed by atoms with Crippen molar-refractivity contribution in [3.8, 4) is 11.1 Å². The summed E-state index contributed by atoms with van der Waals surface area (Å²) < 4.78 is 1.49. The molecule has 0 spiro atoms. The third-order valence-electron chi connectivity index (χ3n) is 7.00. The van der Waals surface area contributed by atoms with Gasteiger partial charge in [0.15, 0.2) is 0 Å². The molecule has 3 heteroatoms. The minimum absolute atomic E-state index is 0. The summed E-state index contributed by atoms with van der Waals surface area (Å²) in [5.41, 5.74) is 7.36. The molecule has 0 amide bonds. The van der Waals surface area contributed by atoms with Crippen molar-refractivity contribution >= 4 is 24.8 Å². The predicted octanol–water partition coefficient (Wildman–Crippen LogP) is 3.47. The molecule has 2 aliphatic carbocycles.